The third-order valence-corrected chi connectivity index (χ3v) is 4.08. The van der Waals surface area contributed by atoms with Crippen molar-refractivity contribution in [1.29, 1.82) is 0 Å². The Kier molecular flexibility index (Phi) is 7.73. The fourth-order valence-electron chi connectivity index (χ4n) is 1.57. The average molecular weight is 355 g/mol. The van der Waals surface area contributed by atoms with Crippen LogP contribution in [0.2, 0.25) is 0 Å². The van der Waals surface area contributed by atoms with Crippen molar-refractivity contribution in [1.82, 2.24) is 0 Å². The Morgan fingerprint density at radius 1 is 1.12 bits per heavy atom. The highest BCUT2D eigenvalue weighted by atomic mass is 32.2. The van der Waals surface area contributed by atoms with Gasteiger partial charge in [0.15, 0.2) is 0 Å². The van der Waals surface area contributed by atoms with Crippen LogP contribution in [0.25, 0.3) is 0 Å². The standard InChI is InChI=1S/C16H21NO6S/c1-11(18)22-10-23-15(20)24-16(2,3)13(17)14(19)21-9-12-7-5-4-6-8-12/h4-8,13H,9-10,17H2,1-3H3/t13-/m0/s1. The fraction of sp³-hybridized carbons (Fsp3) is 0.438. The second-order valence-corrected chi connectivity index (χ2v) is 7.01. The van der Waals surface area contributed by atoms with Crippen molar-refractivity contribution in [3.05, 3.63) is 35.9 Å². The molecule has 0 heterocycles. The van der Waals surface area contributed by atoms with Gasteiger partial charge in [0.05, 0.1) is 0 Å². The number of carbonyl (C=O) groups excluding carboxylic acids is 3. The topological polar surface area (TPSA) is 105 Å². The number of esters is 2. The Morgan fingerprint density at radius 2 is 1.75 bits per heavy atom. The highest BCUT2D eigenvalue weighted by molar-refractivity contribution is 8.14. The molecule has 0 spiro atoms. The van der Waals surface area contributed by atoms with Crippen molar-refractivity contribution in [3.63, 3.8) is 0 Å². The van der Waals surface area contributed by atoms with Gasteiger partial charge in [0.2, 0.25) is 6.79 Å². The van der Waals surface area contributed by atoms with E-state index in [2.05, 4.69) is 4.74 Å². The Morgan fingerprint density at radius 3 is 2.33 bits per heavy atom. The van der Waals surface area contributed by atoms with Crippen LogP contribution in [0.4, 0.5) is 4.79 Å². The largest absolute Gasteiger partial charge is 0.460 e. The molecule has 1 aromatic rings. The lowest BCUT2D eigenvalue weighted by Crippen LogP contribution is -2.48. The van der Waals surface area contributed by atoms with E-state index >= 15 is 0 Å². The number of carbonyl (C=O) groups is 3. The van der Waals surface area contributed by atoms with Gasteiger partial charge >= 0.3 is 17.2 Å². The van der Waals surface area contributed by atoms with Crippen LogP contribution >= 0.6 is 11.8 Å². The molecule has 132 valence electrons. The van der Waals surface area contributed by atoms with Gasteiger partial charge in [0.1, 0.15) is 12.6 Å². The molecular weight excluding hydrogens is 334 g/mol. The second kappa shape index (κ2) is 9.29. The molecule has 0 saturated carbocycles. The highest BCUT2D eigenvalue weighted by Gasteiger charge is 2.37. The van der Waals surface area contributed by atoms with Gasteiger partial charge in [-0.2, -0.15) is 0 Å². The monoisotopic (exact) mass is 355 g/mol. The average Bonchev–Trinajstić information content (AvgIpc) is 2.52. The lowest BCUT2D eigenvalue weighted by atomic mass is 10.0. The Labute approximate surface area is 144 Å². The van der Waals surface area contributed by atoms with Crippen LogP contribution in [-0.4, -0.2) is 34.8 Å². The molecule has 0 aliphatic heterocycles. The van der Waals surface area contributed by atoms with Crippen molar-refractivity contribution in [2.24, 2.45) is 5.73 Å². The van der Waals surface area contributed by atoms with Crippen LogP contribution in [0.3, 0.4) is 0 Å². The Hall–Kier alpha value is -2.06. The minimum atomic E-state index is -1.03. The summed E-state index contributed by atoms with van der Waals surface area (Å²) in [7, 11) is 0. The third-order valence-electron chi connectivity index (χ3n) is 3.01. The summed E-state index contributed by atoms with van der Waals surface area (Å²) in [5.41, 5.74) is 6.73. The number of rotatable bonds is 7. The lowest BCUT2D eigenvalue weighted by Gasteiger charge is -2.27. The van der Waals surface area contributed by atoms with Gasteiger partial charge in [-0.05, 0) is 31.2 Å². The summed E-state index contributed by atoms with van der Waals surface area (Å²) < 4.78 is 13.4. The molecule has 0 saturated heterocycles. The summed E-state index contributed by atoms with van der Waals surface area (Å²) >= 11 is 0.733. The molecule has 0 aliphatic carbocycles. The number of benzene rings is 1. The molecule has 0 aromatic heterocycles. The van der Waals surface area contributed by atoms with Crippen molar-refractivity contribution in [2.45, 2.75) is 38.2 Å². The fourth-order valence-corrected chi connectivity index (χ4v) is 2.33. The van der Waals surface area contributed by atoms with Crippen molar-refractivity contribution in [3.8, 4) is 0 Å². The SMILES string of the molecule is CC(=O)OCOC(=O)SC(C)(C)[C@@H](N)C(=O)OCc1ccccc1. The molecule has 0 aliphatic rings. The molecule has 1 aromatic carbocycles. The molecule has 0 bridgehead atoms. The molecule has 0 fully saturated rings. The first-order valence-corrected chi connectivity index (χ1v) is 7.99. The maximum Gasteiger partial charge on any atom is 0.370 e. The predicted molar refractivity (Wildman–Crippen MR) is 89.0 cm³/mol. The molecule has 24 heavy (non-hydrogen) atoms. The Bertz CT molecular complexity index is 575. The number of ether oxygens (including phenoxy) is 3. The summed E-state index contributed by atoms with van der Waals surface area (Å²) in [6, 6.07) is 8.14. The molecule has 8 heteroatoms. The number of thioether (sulfide) groups is 1. The van der Waals surface area contributed by atoms with E-state index in [1.807, 2.05) is 30.3 Å². The first kappa shape index (κ1) is 20.0. The number of nitrogens with two attached hydrogens (primary N) is 1. The quantitative estimate of drug-likeness (QED) is 0.586. The van der Waals surface area contributed by atoms with Gasteiger partial charge < -0.3 is 19.9 Å². The van der Waals surface area contributed by atoms with Gasteiger partial charge in [0.25, 0.3) is 0 Å². The molecule has 0 radical (unpaired) electrons. The van der Waals surface area contributed by atoms with E-state index in [1.165, 1.54) is 6.92 Å². The zero-order chi connectivity index (χ0) is 18.2. The van der Waals surface area contributed by atoms with Gasteiger partial charge in [-0.1, -0.05) is 30.3 Å². The molecular formula is C16H21NO6S. The normalized spacial score (nSPS) is 12.2. The van der Waals surface area contributed by atoms with Crippen LogP contribution in [0, 0.1) is 0 Å². The molecule has 7 nitrogen and oxygen atoms in total. The van der Waals surface area contributed by atoms with E-state index in [9.17, 15) is 14.4 Å². The third kappa shape index (κ3) is 7.01. The van der Waals surface area contributed by atoms with E-state index in [1.54, 1.807) is 13.8 Å². The van der Waals surface area contributed by atoms with Gasteiger partial charge in [-0.25, -0.2) is 4.79 Å². The minimum Gasteiger partial charge on any atom is -0.460 e. The van der Waals surface area contributed by atoms with Gasteiger partial charge in [0, 0.05) is 11.7 Å². The lowest BCUT2D eigenvalue weighted by molar-refractivity contribution is -0.148. The van der Waals surface area contributed by atoms with Crippen molar-refractivity contribution >= 4 is 29.0 Å². The van der Waals surface area contributed by atoms with E-state index in [0.29, 0.717) is 0 Å². The Balaban J connectivity index is 2.47. The van der Waals surface area contributed by atoms with Crippen LogP contribution in [0.5, 0.6) is 0 Å². The van der Waals surface area contributed by atoms with Crippen LogP contribution in [0.1, 0.15) is 26.3 Å². The maximum absolute atomic E-state index is 12.1. The van der Waals surface area contributed by atoms with Crippen LogP contribution < -0.4 is 5.73 Å². The summed E-state index contributed by atoms with van der Waals surface area (Å²) in [6.07, 6.45) is 0. The first-order valence-electron chi connectivity index (χ1n) is 7.17. The van der Waals surface area contributed by atoms with E-state index in [4.69, 9.17) is 15.2 Å². The molecule has 0 unspecified atom stereocenters. The second-order valence-electron chi connectivity index (χ2n) is 5.42. The zero-order valence-electron chi connectivity index (χ0n) is 13.8. The van der Waals surface area contributed by atoms with E-state index < -0.39 is 34.8 Å². The van der Waals surface area contributed by atoms with Gasteiger partial charge in [-0.15, -0.1) is 0 Å². The summed E-state index contributed by atoms with van der Waals surface area (Å²) in [4.78, 5) is 34.3. The summed E-state index contributed by atoms with van der Waals surface area (Å²) in [6.45, 7) is 4.07. The summed E-state index contributed by atoms with van der Waals surface area (Å²) in [5.74, 6) is -1.18. The van der Waals surface area contributed by atoms with Crippen molar-refractivity contribution < 1.29 is 28.6 Å². The maximum atomic E-state index is 12.1. The van der Waals surface area contributed by atoms with E-state index in [0.717, 1.165) is 17.3 Å². The molecule has 0 amide bonds. The number of hydrogen-bond acceptors (Lipinski definition) is 8. The molecule has 1 rings (SSSR count). The highest BCUT2D eigenvalue weighted by Crippen LogP contribution is 2.29. The smallest absolute Gasteiger partial charge is 0.370 e. The zero-order valence-corrected chi connectivity index (χ0v) is 14.6. The predicted octanol–water partition coefficient (Wildman–Crippen LogP) is 2.23. The van der Waals surface area contributed by atoms with Crippen molar-refractivity contribution in [2.75, 3.05) is 6.79 Å². The molecule has 2 N–H and O–H groups in total. The van der Waals surface area contributed by atoms with Crippen LogP contribution in [0.15, 0.2) is 30.3 Å². The first-order chi connectivity index (χ1) is 11.2. The summed E-state index contributed by atoms with van der Waals surface area (Å²) in [5, 5.41) is -0.701. The molecule has 1 atom stereocenters. The van der Waals surface area contributed by atoms with E-state index in [-0.39, 0.29) is 6.61 Å². The van der Waals surface area contributed by atoms with Crippen LogP contribution in [-0.2, 0) is 30.4 Å². The number of hydrogen-bond donors (Lipinski definition) is 1. The van der Waals surface area contributed by atoms with Gasteiger partial charge in [-0.3, -0.25) is 9.59 Å². The minimum absolute atomic E-state index is 0.102.